The van der Waals surface area contributed by atoms with Crippen molar-refractivity contribution in [3.05, 3.63) is 58.3 Å². The highest BCUT2D eigenvalue weighted by molar-refractivity contribution is 6.30. The van der Waals surface area contributed by atoms with Crippen LogP contribution in [-0.2, 0) is 9.59 Å². The van der Waals surface area contributed by atoms with Gasteiger partial charge in [-0.1, -0.05) is 23.2 Å². The highest BCUT2D eigenvalue weighted by atomic mass is 35.5. The van der Waals surface area contributed by atoms with Gasteiger partial charge in [0.25, 0.3) is 5.91 Å². The van der Waals surface area contributed by atoms with Gasteiger partial charge in [0.1, 0.15) is 23.4 Å². The quantitative estimate of drug-likeness (QED) is 0.332. The van der Waals surface area contributed by atoms with Gasteiger partial charge in [-0.05, 0) is 68.5 Å². The number of carbonyl (C=O) groups is 2. The van der Waals surface area contributed by atoms with E-state index in [1.54, 1.807) is 24.3 Å². The molecule has 0 saturated heterocycles. The lowest BCUT2D eigenvalue weighted by Gasteiger charge is -2.57. The van der Waals surface area contributed by atoms with Crippen LogP contribution in [0.2, 0.25) is 10.0 Å². The molecule has 0 aromatic heterocycles. The van der Waals surface area contributed by atoms with Crippen molar-refractivity contribution < 1.29 is 33.7 Å². The monoisotopic (exact) mass is 554 g/mol. The number of hydrogen-bond acceptors (Lipinski definition) is 6. The van der Waals surface area contributed by atoms with Crippen molar-refractivity contribution in [2.45, 2.75) is 61.7 Å². The van der Waals surface area contributed by atoms with Gasteiger partial charge in [-0.2, -0.15) is 0 Å². The number of rotatable bonds is 11. The minimum atomic E-state index is -0.991. The Morgan fingerprint density at radius 2 is 1.73 bits per heavy atom. The molecular formula is C26H29Cl2FN2O6. The van der Waals surface area contributed by atoms with Gasteiger partial charge < -0.3 is 25.0 Å². The number of aliphatic carboxylic acids is 1. The first-order valence-corrected chi connectivity index (χ1v) is 12.8. The molecule has 0 unspecified atom stereocenters. The van der Waals surface area contributed by atoms with Crippen molar-refractivity contribution >= 4 is 35.1 Å². The van der Waals surface area contributed by atoms with E-state index in [1.807, 2.05) is 0 Å². The fourth-order valence-corrected chi connectivity index (χ4v) is 5.41. The summed E-state index contributed by atoms with van der Waals surface area (Å²) in [5.41, 5.74) is -1.36. The van der Waals surface area contributed by atoms with Crippen LogP contribution < -0.4 is 20.1 Å². The average Bonchev–Trinajstić information content (AvgIpc) is 2.86. The fourth-order valence-electron chi connectivity index (χ4n) is 5.17. The van der Waals surface area contributed by atoms with Gasteiger partial charge in [-0.25, -0.2) is 4.39 Å². The molecule has 3 saturated carbocycles. The van der Waals surface area contributed by atoms with Crippen LogP contribution in [0.5, 0.6) is 11.5 Å². The molecule has 0 spiro atoms. The van der Waals surface area contributed by atoms with E-state index in [4.69, 9.17) is 32.7 Å². The van der Waals surface area contributed by atoms with Crippen molar-refractivity contribution in [3.63, 3.8) is 0 Å². The summed E-state index contributed by atoms with van der Waals surface area (Å²) in [7, 11) is 0. The summed E-state index contributed by atoms with van der Waals surface area (Å²) in [4.78, 5) is 24.5. The number of carboxylic acid groups (broad SMARTS) is 1. The number of fused-ring (bicyclic) bond motifs is 3. The summed E-state index contributed by atoms with van der Waals surface area (Å²) in [6.07, 6.45) is 1.83. The fraction of sp³-hybridized carbons (Fsp3) is 0.462. The highest BCUT2D eigenvalue weighted by Crippen LogP contribution is 2.47. The van der Waals surface area contributed by atoms with Crippen molar-refractivity contribution in [3.8, 4) is 11.5 Å². The number of aliphatic hydroxyl groups is 1. The summed E-state index contributed by atoms with van der Waals surface area (Å²) < 4.78 is 24.6. The number of halogens is 3. The van der Waals surface area contributed by atoms with Crippen molar-refractivity contribution in [2.75, 3.05) is 13.2 Å². The number of carbonyl (C=O) groups excluding carboxylic acids is 1. The predicted octanol–water partition coefficient (Wildman–Crippen LogP) is 3.96. The minimum Gasteiger partial charge on any atom is -0.494 e. The lowest BCUT2D eigenvalue weighted by molar-refractivity contribution is -0.142. The van der Waals surface area contributed by atoms with E-state index < -0.39 is 40.9 Å². The second kappa shape index (κ2) is 11.4. The summed E-state index contributed by atoms with van der Waals surface area (Å²) in [6, 6.07) is 9.88. The number of benzene rings is 2. The van der Waals surface area contributed by atoms with E-state index in [1.165, 1.54) is 12.1 Å². The summed E-state index contributed by atoms with van der Waals surface area (Å²) >= 11 is 11.5. The van der Waals surface area contributed by atoms with Crippen LogP contribution in [0.4, 0.5) is 4.39 Å². The number of nitrogens with one attached hydrogen (secondary N) is 2. The molecule has 200 valence electrons. The maximum atomic E-state index is 13.6. The van der Waals surface area contributed by atoms with Gasteiger partial charge in [0.05, 0.1) is 23.3 Å². The second-order valence-electron chi connectivity index (χ2n) is 9.70. The van der Waals surface area contributed by atoms with E-state index in [0.29, 0.717) is 42.9 Å². The molecule has 3 aliphatic rings. The van der Waals surface area contributed by atoms with Crippen molar-refractivity contribution in [1.29, 1.82) is 0 Å². The topological polar surface area (TPSA) is 117 Å². The molecule has 2 aromatic carbocycles. The third-order valence-electron chi connectivity index (χ3n) is 7.24. The van der Waals surface area contributed by atoms with Crippen LogP contribution in [0.3, 0.4) is 0 Å². The van der Waals surface area contributed by atoms with E-state index in [2.05, 4.69) is 10.6 Å². The summed E-state index contributed by atoms with van der Waals surface area (Å²) in [5, 5.41) is 27.5. The van der Waals surface area contributed by atoms with Gasteiger partial charge in [-0.3, -0.25) is 14.9 Å². The Kier molecular flexibility index (Phi) is 8.48. The number of aliphatic hydroxyl groups excluding tert-OH is 1. The number of ether oxygens (including phenoxy) is 2. The summed E-state index contributed by atoms with van der Waals surface area (Å²) in [5.74, 6) is -1.30. The molecule has 37 heavy (non-hydrogen) atoms. The van der Waals surface area contributed by atoms with Crippen LogP contribution >= 0.6 is 23.2 Å². The maximum absolute atomic E-state index is 13.6. The molecule has 3 aliphatic carbocycles. The molecule has 3 fully saturated rings. The highest BCUT2D eigenvalue weighted by Gasteiger charge is 2.55. The number of carboxylic acids is 1. The molecule has 1 amide bonds. The second-order valence-corrected chi connectivity index (χ2v) is 10.5. The first-order chi connectivity index (χ1) is 17.6. The van der Waals surface area contributed by atoms with E-state index in [9.17, 15) is 24.2 Å². The normalized spacial score (nSPS) is 25.4. The smallest absolute Gasteiger partial charge is 0.320 e. The molecule has 0 radical (unpaired) electrons. The molecule has 4 N–H and O–H groups in total. The third-order valence-corrected chi connectivity index (χ3v) is 7.80. The molecule has 2 bridgehead atoms. The van der Waals surface area contributed by atoms with Crippen molar-refractivity contribution in [1.82, 2.24) is 10.6 Å². The van der Waals surface area contributed by atoms with E-state index >= 15 is 0 Å². The van der Waals surface area contributed by atoms with Crippen molar-refractivity contribution in [2.24, 2.45) is 0 Å². The van der Waals surface area contributed by atoms with Gasteiger partial charge in [0, 0.05) is 23.0 Å². The van der Waals surface area contributed by atoms with Crippen LogP contribution in [0.1, 0.15) is 38.5 Å². The van der Waals surface area contributed by atoms with Gasteiger partial charge in [0.15, 0.2) is 6.61 Å². The Morgan fingerprint density at radius 3 is 2.35 bits per heavy atom. The summed E-state index contributed by atoms with van der Waals surface area (Å²) in [6.45, 7) is -0.143. The van der Waals surface area contributed by atoms with Crippen LogP contribution in [0.25, 0.3) is 0 Å². The molecular weight excluding hydrogens is 526 g/mol. The third kappa shape index (κ3) is 6.65. The molecule has 2 aromatic rings. The molecule has 2 atom stereocenters. The molecule has 11 heteroatoms. The largest absolute Gasteiger partial charge is 0.494 e. The van der Waals surface area contributed by atoms with Crippen LogP contribution in [0.15, 0.2) is 42.5 Å². The Balaban J connectivity index is 1.29. The number of amides is 1. The molecule has 0 aliphatic heterocycles. The Hall–Kier alpha value is -2.59. The van der Waals surface area contributed by atoms with Crippen LogP contribution in [-0.4, -0.2) is 58.5 Å². The zero-order chi connectivity index (χ0) is 26.6. The number of hydrogen-bond donors (Lipinski definition) is 4. The van der Waals surface area contributed by atoms with E-state index in [0.717, 1.165) is 6.07 Å². The SMILES string of the molecule is O=C(COc1ccc(Cl)c(F)c1)NC12CCC(N[C@H](CCOc3ccc(Cl)cc3)C(=O)O)(CC1)C[C@@H]2O. The van der Waals surface area contributed by atoms with E-state index in [-0.39, 0.29) is 30.4 Å². The molecule has 8 nitrogen and oxygen atoms in total. The first kappa shape index (κ1) is 27.4. The van der Waals surface area contributed by atoms with Gasteiger partial charge >= 0.3 is 5.97 Å². The van der Waals surface area contributed by atoms with Gasteiger partial charge in [-0.15, -0.1) is 0 Å². The van der Waals surface area contributed by atoms with Crippen LogP contribution in [0, 0.1) is 5.82 Å². The zero-order valence-corrected chi connectivity index (χ0v) is 21.5. The van der Waals surface area contributed by atoms with Gasteiger partial charge in [0.2, 0.25) is 0 Å². The minimum absolute atomic E-state index is 0.0421. The standard InChI is InChI=1S/C26H29Cl2FN2O6/c27-16-1-3-17(4-2-16)36-12-7-21(24(34)35)30-25-8-10-26(11-9-25,22(32)14-25)31-23(33)15-37-18-5-6-19(28)20(29)13-18/h1-6,13,21-22,30,32H,7-12,14-15H2,(H,31,33)(H,34,35)/t21-,22+,25?,26?/m1/s1. The Labute approximate surface area is 224 Å². The molecule has 0 heterocycles. The lowest BCUT2D eigenvalue weighted by atomic mass is 9.59. The molecule has 5 rings (SSSR count). The Morgan fingerprint density at radius 1 is 1.05 bits per heavy atom. The first-order valence-electron chi connectivity index (χ1n) is 12.1. The maximum Gasteiger partial charge on any atom is 0.320 e. The zero-order valence-electron chi connectivity index (χ0n) is 20.0. The Bertz CT molecular complexity index is 1120. The predicted molar refractivity (Wildman–Crippen MR) is 136 cm³/mol. The lowest BCUT2D eigenvalue weighted by Crippen LogP contribution is -2.71. The average molecular weight is 555 g/mol.